The number of carbonyl (C=O) groups is 1. The summed E-state index contributed by atoms with van der Waals surface area (Å²) in [4.78, 5) is 17.0. The third-order valence-electron chi connectivity index (χ3n) is 4.52. The first kappa shape index (κ1) is 20.2. The van der Waals surface area contributed by atoms with Gasteiger partial charge in [-0.2, -0.15) is 0 Å². The zero-order chi connectivity index (χ0) is 19.8. The third-order valence-corrected chi connectivity index (χ3v) is 4.77. The van der Waals surface area contributed by atoms with E-state index in [2.05, 4.69) is 12.1 Å². The van der Waals surface area contributed by atoms with E-state index in [0.29, 0.717) is 16.3 Å². The molecule has 1 aliphatic heterocycles. The van der Waals surface area contributed by atoms with E-state index in [4.69, 9.17) is 21.2 Å². The van der Waals surface area contributed by atoms with Gasteiger partial charge >= 0.3 is 5.97 Å². The van der Waals surface area contributed by atoms with Crippen molar-refractivity contribution < 1.29 is 14.4 Å². The molecule has 2 aromatic carbocycles. The Bertz CT molecular complexity index is 854. The van der Waals surface area contributed by atoms with Gasteiger partial charge < -0.3 is 9.57 Å². The Morgan fingerprint density at radius 1 is 1.00 bits per heavy atom. The lowest BCUT2D eigenvalue weighted by molar-refractivity contribution is -0.136. The largest absolute Gasteiger partial charge is 0.494 e. The second-order valence-electron chi connectivity index (χ2n) is 6.72. The van der Waals surface area contributed by atoms with Crippen molar-refractivity contribution >= 4 is 29.4 Å². The van der Waals surface area contributed by atoms with E-state index in [0.717, 1.165) is 29.9 Å². The standard InChI is InChI=1S/C23H24ClNO3/c1-2-3-4-5-6-15-27-20-13-7-17(8-14-20)16-21-22(25-28-23(21)26)18-9-11-19(24)12-10-18/h7-14,16H,2-6,15H2,1H3. The van der Waals surface area contributed by atoms with Crippen molar-refractivity contribution in [3.8, 4) is 5.75 Å². The first-order chi connectivity index (χ1) is 13.7. The third kappa shape index (κ3) is 5.46. The molecule has 0 saturated carbocycles. The molecule has 0 amide bonds. The minimum absolute atomic E-state index is 0.423. The number of hydrogen-bond acceptors (Lipinski definition) is 4. The Kier molecular flexibility index (Phi) is 7.26. The highest BCUT2D eigenvalue weighted by Gasteiger charge is 2.26. The Balaban J connectivity index is 1.63. The topological polar surface area (TPSA) is 47.9 Å². The molecule has 3 rings (SSSR count). The average Bonchev–Trinajstić information content (AvgIpc) is 3.07. The molecule has 0 fully saturated rings. The molecule has 0 saturated heterocycles. The van der Waals surface area contributed by atoms with E-state index in [1.165, 1.54) is 25.7 Å². The molecule has 0 unspecified atom stereocenters. The van der Waals surface area contributed by atoms with Gasteiger partial charge in [-0.05, 0) is 42.3 Å². The maximum atomic E-state index is 12.1. The van der Waals surface area contributed by atoms with E-state index < -0.39 is 5.97 Å². The fourth-order valence-corrected chi connectivity index (χ4v) is 3.07. The summed E-state index contributed by atoms with van der Waals surface area (Å²) < 4.78 is 5.79. The summed E-state index contributed by atoms with van der Waals surface area (Å²) >= 11 is 5.93. The Morgan fingerprint density at radius 2 is 1.71 bits per heavy atom. The number of ether oxygens (including phenoxy) is 1. The van der Waals surface area contributed by atoms with Crippen molar-refractivity contribution in [3.63, 3.8) is 0 Å². The van der Waals surface area contributed by atoms with Crippen LogP contribution in [0.1, 0.15) is 50.2 Å². The van der Waals surface area contributed by atoms with Gasteiger partial charge in [-0.1, -0.05) is 73.6 Å². The Morgan fingerprint density at radius 3 is 2.43 bits per heavy atom. The summed E-state index contributed by atoms with van der Waals surface area (Å²) in [5.41, 5.74) is 2.59. The van der Waals surface area contributed by atoms with Crippen LogP contribution in [0.4, 0.5) is 0 Å². The van der Waals surface area contributed by atoms with Gasteiger partial charge in [-0.15, -0.1) is 0 Å². The van der Waals surface area contributed by atoms with Gasteiger partial charge in [0.2, 0.25) is 0 Å². The van der Waals surface area contributed by atoms with E-state index >= 15 is 0 Å². The second kappa shape index (κ2) is 10.1. The second-order valence-corrected chi connectivity index (χ2v) is 7.15. The van der Waals surface area contributed by atoms with E-state index in [-0.39, 0.29) is 0 Å². The zero-order valence-electron chi connectivity index (χ0n) is 16.0. The summed E-state index contributed by atoms with van der Waals surface area (Å²) in [6.45, 7) is 2.94. The minimum atomic E-state index is -0.461. The number of oxime groups is 1. The molecule has 4 nitrogen and oxygen atoms in total. The molecule has 5 heteroatoms. The van der Waals surface area contributed by atoms with Gasteiger partial charge in [0.05, 0.1) is 12.2 Å². The van der Waals surface area contributed by atoms with Crippen LogP contribution in [0.15, 0.2) is 59.3 Å². The van der Waals surface area contributed by atoms with Crippen LogP contribution in [0.2, 0.25) is 5.02 Å². The summed E-state index contributed by atoms with van der Waals surface area (Å²) in [6, 6.07) is 14.8. The Hall–Kier alpha value is -2.59. The summed E-state index contributed by atoms with van der Waals surface area (Å²) in [5, 5.41) is 4.54. The molecule has 0 aliphatic carbocycles. The molecule has 0 N–H and O–H groups in total. The van der Waals surface area contributed by atoms with Crippen LogP contribution in [0.3, 0.4) is 0 Å². The molecular weight excluding hydrogens is 374 g/mol. The van der Waals surface area contributed by atoms with Crippen LogP contribution in [0.25, 0.3) is 6.08 Å². The van der Waals surface area contributed by atoms with Gasteiger partial charge in [-0.25, -0.2) is 4.79 Å². The monoisotopic (exact) mass is 397 g/mol. The smallest absolute Gasteiger partial charge is 0.368 e. The normalized spacial score (nSPS) is 14.9. The molecule has 0 aromatic heterocycles. The predicted octanol–water partition coefficient (Wildman–Crippen LogP) is 6.03. The van der Waals surface area contributed by atoms with Crippen molar-refractivity contribution in [2.45, 2.75) is 39.0 Å². The summed E-state index contributed by atoms with van der Waals surface area (Å²) in [6.07, 6.45) is 7.84. The maximum absolute atomic E-state index is 12.1. The van der Waals surface area contributed by atoms with Gasteiger partial charge in [-0.3, -0.25) is 0 Å². The minimum Gasteiger partial charge on any atom is -0.494 e. The van der Waals surface area contributed by atoms with Crippen molar-refractivity contribution in [1.29, 1.82) is 0 Å². The predicted molar refractivity (Wildman–Crippen MR) is 113 cm³/mol. The van der Waals surface area contributed by atoms with Crippen molar-refractivity contribution in [1.82, 2.24) is 0 Å². The van der Waals surface area contributed by atoms with E-state index in [9.17, 15) is 4.79 Å². The van der Waals surface area contributed by atoms with Crippen molar-refractivity contribution in [2.75, 3.05) is 6.61 Å². The molecule has 2 aromatic rings. The molecule has 0 atom stereocenters. The first-order valence-electron chi connectivity index (χ1n) is 9.67. The van der Waals surface area contributed by atoms with Crippen LogP contribution in [-0.2, 0) is 9.63 Å². The van der Waals surface area contributed by atoms with E-state index in [1.807, 2.05) is 36.4 Å². The highest BCUT2D eigenvalue weighted by Crippen LogP contribution is 2.23. The average molecular weight is 398 g/mol. The fraction of sp³-hybridized carbons (Fsp3) is 0.304. The molecule has 1 aliphatic rings. The number of hydrogen-bond donors (Lipinski definition) is 0. The molecule has 0 radical (unpaired) electrons. The van der Waals surface area contributed by atoms with Gasteiger partial charge in [0.25, 0.3) is 0 Å². The highest BCUT2D eigenvalue weighted by molar-refractivity contribution is 6.32. The van der Waals surface area contributed by atoms with Crippen LogP contribution < -0.4 is 4.74 Å². The highest BCUT2D eigenvalue weighted by atomic mass is 35.5. The zero-order valence-corrected chi connectivity index (χ0v) is 16.7. The van der Waals surface area contributed by atoms with Crippen molar-refractivity contribution in [3.05, 3.63) is 70.3 Å². The van der Waals surface area contributed by atoms with Gasteiger partial charge in [0.15, 0.2) is 0 Å². The number of rotatable bonds is 9. The molecule has 28 heavy (non-hydrogen) atoms. The van der Waals surface area contributed by atoms with Crippen LogP contribution in [0, 0.1) is 0 Å². The van der Waals surface area contributed by atoms with Crippen LogP contribution in [-0.4, -0.2) is 18.3 Å². The number of unbranched alkanes of at least 4 members (excludes halogenated alkanes) is 4. The summed E-state index contributed by atoms with van der Waals surface area (Å²) in [5.74, 6) is 0.371. The Labute approximate surface area is 170 Å². The van der Waals surface area contributed by atoms with Crippen LogP contribution in [0.5, 0.6) is 5.75 Å². The molecule has 1 heterocycles. The lowest BCUT2D eigenvalue weighted by Gasteiger charge is -2.06. The molecule has 146 valence electrons. The van der Waals surface area contributed by atoms with Gasteiger partial charge in [0, 0.05) is 10.6 Å². The molecule has 0 spiro atoms. The lowest BCUT2D eigenvalue weighted by atomic mass is 10.0. The number of benzene rings is 2. The number of halogens is 1. The molecule has 0 bridgehead atoms. The molecular formula is C23H24ClNO3. The quantitative estimate of drug-likeness (QED) is 0.294. The van der Waals surface area contributed by atoms with Gasteiger partial charge in [0.1, 0.15) is 11.5 Å². The summed E-state index contributed by atoms with van der Waals surface area (Å²) in [7, 11) is 0. The number of carbonyl (C=O) groups excluding carboxylic acids is 1. The fourth-order valence-electron chi connectivity index (χ4n) is 2.95. The van der Waals surface area contributed by atoms with Crippen molar-refractivity contribution in [2.24, 2.45) is 5.16 Å². The first-order valence-corrected chi connectivity index (χ1v) is 10.1. The maximum Gasteiger partial charge on any atom is 0.368 e. The van der Waals surface area contributed by atoms with E-state index in [1.54, 1.807) is 18.2 Å². The lowest BCUT2D eigenvalue weighted by Crippen LogP contribution is -2.06. The van der Waals surface area contributed by atoms with Crippen LogP contribution >= 0.6 is 11.6 Å². The SMILES string of the molecule is CCCCCCCOc1ccc(C=C2C(=O)ON=C2c2ccc(Cl)cc2)cc1. The number of nitrogens with zero attached hydrogens (tertiary/aromatic N) is 1.